The minimum Gasteiger partial charge on any atom is -0.385 e. The molecule has 102 valence electrons. The fraction of sp³-hybridized carbons (Fsp3) is 0.583. The molecule has 0 saturated carbocycles. The Morgan fingerprint density at radius 3 is 2.22 bits per heavy atom. The molecule has 0 fully saturated rings. The predicted molar refractivity (Wildman–Crippen MR) is 63.3 cm³/mol. The van der Waals surface area contributed by atoms with Crippen molar-refractivity contribution in [2.75, 3.05) is 0 Å². The largest absolute Gasteiger partial charge is 0.433 e. The van der Waals surface area contributed by atoms with Gasteiger partial charge < -0.3 is 5.11 Å². The van der Waals surface area contributed by atoms with E-state index in [1.54, 1.807) is 20.8 Å². The smallest absolute Gasteiger partial charge is 0.385 e. The Morgan fingerprint density at radius 2 is 1.89 bits per heavy atom. The summed E-state index contributed by atoms with van der Waals surface area (Å²) >= 11 is 5.77. The topological polar surface area (TPSA) is 33.1 Å². The van der Waals surface area contributed by atoms with Crippen LogP contribution in [0.5, 0.6) is 0 Å². The number of hydrogen-bond acceptors (Lipinski definition) is 2. The summed E-state index contributed by atoms with van der Waals surface area (Å²) in [5.41, 5.74) is -2.10. The molecule has 0 amide bonds. The second kappa shape index (κ2) is 5.05. The molecule has 0 spiro atoms. The van der Waals surface area contributed by atoms with Gasteiger partial charge in [-0.2, -0.15) is 13.2 Å². The summed E-state index contributed by atoms with van der Waals surface area (Å²) in [5, 5.41) is 10.1. The quantitative estimate of drug-likeness (QED) is 0.849. The lowest BCUT2D eigenvalue weighted by molar-refractivity contribution is -0.141. The maximum atomic E-state index is 12.5. The van der Waals surface area contributed by atoms with Crippen LogP contribution in [0, 0.1) is 5.92 Å². The van der Waals surface area contributed by atoms with E-state index >= 15 is 0 Å². The molecular formula is C12H15ClF3NO. The van der Waals surface area contributed by atoms with Gasteiger partial charge in [0, 0.05) is 5.56 Å². The summed E-state index contributed by atoms with van der Waals surface area (Å²) in [4.78, 5) is 3.32. The first kappa shape index (κ1) is 15.2. The molecule has 2 nitrogen and oxygen atoms in total. The van der Waals surface area contributed by atoms with E-state index in [9.17, 15) is 18.3 Å². The van der Waals surface area contributed by atoms with Crippen LogP contribution in [0.4, 0.5) is 13.2 Å². The molecule has 1 heterocycles. The number of halogens is 4. The molecule has 1 aromatic heterocycles. The number of pyridine rings is 1. The molecule has 0 saturated heterocycles. The van der Waals surface area contributed by atoms with Gasteiger partial charge in [0.25, 0.3) is 0 Å². The third-order valence-electron chi connectivity index (χ3n) is 3.10. The summed E-state index contributed by atoms with van der Waals surface area (Å²) < 4.78 is 37.4. The third-order valence-corrected chi connectivity index (χ3v) is 3.39. The molecule has 0 aromatic carbocycles. The lowest BCUT2D eigenvalue weighted by atomic mass is 9.82. The molecule has 1 unspecified atom stereocenters. The zero-order chi connectivity index (χ0) is 14.1. The zero-order valence-electron chi connectivity index (χ0n) is 10.3. The number of hydrogen-bond donors (Lipinski definition) is 1. The molecule has 1 atom stereocenters. The molecule has 0 bridgehead atoms. The van der Waals surface area contributed by atoms with Crippen molar-refractivity contribution in [1.29, 1.82) is 0 Å². The van der Waals surface area contributed by atoms with Crippen molar-refractivity contribution in [2.45, 2.75) is 39.0 Å². The molecule has 18 heavy (non-hydrogen) atoms. The average Bonchev–Trinajstić information content (AvgIpc) is 2.26. The molecule has 1 rings (SSSR count). The van der Waals surface area contributed by atoms with Gasteiger partial charge in [0.15, 0.2) is 0 Å². The predicted octanol–water partition coefficient (Wildman–Crippen LogP) is 4.01. The van der Waals surface area contributed by atoms with E-state index in [0.717, 1.165) is 6.07 Å². The number of aromatic nitrogens is 1. The van der Waals surface area contributed by atoms with E-state index in [2.05, 4.69) is 4.98 Å². The van der Waals surface area contributed by atoms with Gasteiger partial charge in [0.2, 0.25) is 0 Å². The highest BCUT2D eigenvalue weighted by Gasteiger charge is 2.37. The SMILES string of the molecule is CCC(O)(c1ccc(C(F)(F)F)nc1Cl)C(C)C. The van der Waals surface area contributed by atoms with Crippen LogP contribution in [0.2, 0.25) is 5.15 Å². The van der Waals surface area contributed by atoms with Crippen LogP contribution >= 0.6 is 11.6 Å². The molecule has 6 heteroatoms. The first-order valence-electron chi connectivity index (χ1n) is 5.59. The van der Waals surface area contributed by atoms with Gasteiger partial charge in [-0.1, -0.05) is 38.4 Å². The Bertz CT molecular complexity index is 434. The Balaban J connectivity index is 3.29. The molecule has 1 aromatic rings. The van der Waals surface area contributed by atoms with Crippen molar-refractivity contribution in [3.63, 3.8) is 0 Å². The minimum absolute atomic E-state index is 0.182. The zero-order valence-corrected chi connectivity index (χ0v) is 11.1. The lowest BCUT2D eigenvalue weighted by Gasteiger charge is -2.32. The fourth-order valence-electron chi connectivity index (χ4n) is 1.82. The Kier molecular flexibility index (Phi) is 4.28. The van der Waals surface area contributed by atoms with Crippen LogP contribution in [-0.2, 0) is 11.8 Å². The van der Waals surface area contributed by atoms with Gasteiger partial charge in [-0.15, -0.1) is 0 Å². The summed E-state index contributed by atoms with van der Waals surface area (Å²) in [6.45, 7) is 5.29. The lowest BCUT2D eigenvalue weighted by Crippen LogP contribution is -2.32. The Morgan fingerprint density at radius 1 is 1.33 bits per heavy atom. The number of nitrogens with zero attached hydrogens (tertiary/aromatic N) is 1. The van der Waals surface area contributed by atoms with Crippen molar-refractivity contribution < 1.29 is 18.3 Å². The first-order valence-corrected chi connectivity index (χ1v) is 5.97. The van der Waals surface area contributed by atoms with E-state index in [-0.39, 0.29) is 16.6 Å². The van der Waals surface area contributed by atoms with Crippen LogP contribution < -0.4 is 0 Å². The van der Waals surface area contributed by atoms with Gasteiger partial charge in [-0.05, 0) is 18.4 Å². The Labute approximate surface area is 109 Å². The summed E-state index contributed by atoms with van der Waals surface area (Å²) in [7, 11) is 0. The Hall–Kier alpha value is -0.810. The second-order valence-corrected chi connectivity index (χ2v) is 4.82. The first-order chi connectivity index (χ1) is 8.13. The van der Waals surface area contributed by atoms with Gasteiger partial charge in [0.05, 0.1) is 5.60 Å². The molecule has 1 N–H and O–H groups in total. The highest BCUT2D eigenvalue weighted by Crippen LogP contribution is 2.38. The van der Waals surface area contributed by atoms with Crippen LogP contribution in [0.1, 0.15) is 38.4 Å². The van der Waals surface area contributed by atoms with Crippen LogP contribution in [0.15, 0.2) is 12.1 Å². The van der Waals surface area contributed by atoms with Gasteiger partial charge in [0.1, 0.15) is 10.8 Å². The summed E-state index contributed by atoms with van der Waals surface area (Å²) in [6, 6.07) is 2.03. The van der Waals surface area contributed by atoms with Crippen molar-refractivity contribution in [3.8, 4) is 0 Å². The van der Waals surface area contributed by atoms with E-state index in [1.807, 2.05) is 0 Å². The second-order valence-electron chi connectivity index (χ2n) is 4.47. The number of alkyl halides is 3. The monoisotopic (exact) mass is 281 g/mol. The van der Waals surface area contributed by atoms with Crippen molar-refractivity contribution in [1.82, 2.24) is 4.98 Å². The van der Waals surface area contributed by atoms with E-state index in [1.165, 1.54) is 6.07 Å². The van der Waals surface area contributed by atoms with E-state index in [4.69, 9.17) is 11.6 Å². The minimum atomic E-state index is -4.54. The van der Waals surface area contributed by atoms with Crippen LogP contribution in [0.25, 0.3) is 0 Å². The maximum Gasteiger partial charge on any atom is 0.433 e. The van der Waals surface area contributed by atoms with Crippen molar-refractivity contribution in [3.05, 3.63) is 28.5 Å². The number of rotatable bonds is 3. The normalized spacial score (nSPS) is 15.8. The highest BCUT2D eigenvalue weighted by molar-refractivity contribution is 6.30. The third kappa shape index (κ3) is 2.78. The van der Waals surface area contributed by atoms with Crippen molar-refractivity contribution in [2.24, 2.45) is 5.92 Å². The summed E-state index contributed by atoms with van der Waals surface area (Å²) in [6.07, 6.45) is -4.19. The molecular weight excluding hydrogens is 267 g/mol. The maximum absolute atomic E-state index is 12.5. The standard InChI is InChI=1S/C12H15ClF3NO/c1-4-11(18,7(2)3)8-5-6-9(12(14,15)16)17-10(8)13/h5-7,18H,4H2,1-3H3. The molecule has 0 aliphatic heterocycles. The van der Waals surface area contributed by atoms with Gasteiger partial charge in [-0.25, -0.2) is 4.98 Å². The molecule has 0 aliphatic rings. The van der Waals surface area contributed by atoms with Crippen molar-refractivity contribution >= 4 is 11.6 Å². The summed E-state index contributed by atoms with van der Waals surface area (Å²) in [5.74, 6) is -0.182. The fourth-order valence-corrected chi connectivity index (χ4v) is 2.14. The van der Waals surface area contributed by atoms with Crippen LogP contribution in [-0.4, -0.2) is 10.1 Å². The van der Waals surface area contributed by atoms with E-state index in [0.29, 0.717) is 6.42 Å². The van der Waals surface area contributed by atoms with Gasteiger partial charge >= 0.3 is 6.18 Å². The van der Waals surface area contributed by atoms with Crippen LogP contribution in [0.3, 0.4) is 0 Å². The highest BCUT2D eigenvalue weighted by atomic mass is 35.5. The van der Waals surface area contributed by atoms with Gasteiger partial charge in [-0.3, -0.25) is 0 Å². The number of aliphatic hydroxyl groups is 1. The van der Waals surface area contributed by atoms with E-state index < -0.39 is 17.5 Å². The molecule has 0 aliphatic carbocycles. The average molecular weight is 282 g/mol. The molecule has 0 radical (unpaired) electrons.